The summed E-state index contributed by atoms with van der Waals surface area (Å²) in [7, 11) is 0. The Hall–Kier alpha value is -1.49. The summed E-state index contributed by atoms with van der Waals surface area (Å²) in [6.07, 6.45) is 10.6. The van der Waals surface area contributed by atoms with Gasteiger partial charge in [-0.05, 0) is 30.8 Å². The number of benzene rings is 1. The number of ether oxygens (including phenoxy) is 2. The zero-order valence-corrected chi connectivity index (χ0v) is 14.8. The van der Waals surface area contributed by atoms with Crippen LogP contribution in [0, 0.1) is 0 Å². The van der Waals surface area contributed by atoms with Gasteiger partial charge in [-0.2, -0.15) is 0 Å². The fraction of sp³-hybridized carbons (Fsp3) is 0.611. The number of unbranched alkanes of at least 4 members (excludes halogenated alkanes) is 7. The molecular formula is C18H28N2O2S. The van der Waals surface area contributed by atoms with Gasteiger partial charge in [0.2, 0.25) is 6.79 Å². The summed E-state index contributed by atoms with van der Waals surface area (Å²) in [5.41, 5.74) is 0.919. The van der Waals surface area contributed by atoms with Crippen molar-refractivity contribution in [1.29, 1.82) is 0 Å². The highest BCUT2D eigenvalue weighted by Gasteiger charge is 2.13. The molecule has 5 heteroatoms. The van der Waals surface area contributed by atoms with Crippen LogP contribution in [0.2, 0.25) is 0 Å². The van der Waals surface area contributed by atoms with Crippen LogP contribution < -0.4 is 20.1 Å². The molecule has 0 radical (unpaired) electrons. The number of fused-ring (bicyclic) bond motifs is 1. The molecule has 0 unspecified atom stereocenters. The van der Waals surface area contributed by atoms with Crippen molar-refractivity contribution in [2.45, 2.75) is 58.3 Å². The molecule has 0 atom stereocenters. The van der Waals surface area contributed by atoms with Gasteiger partial charge in [0.05, 0.1) is 0 Å². The van der Waals surface area contributed by atoms with Gasteiger partial charge >= 0.3 is 0 Å². The Kier molecular flexibility index (Phi) is 8.01. The van der Waals surface area contributed by atoms with E-state index in [2.05, 4.69) is 17.6 Å². The van der Waals surface area contributed by atoms with Crippen molar-refractivity contribution in [3.8, 4) is 11.5 Å². The molecule has 1 aromatic carbocycles. The van der Waals surface area contributed by atoms with Crippen molar-refractivity contribution >= 4 is 23.0 Å². The molecule has 0 saturated carbocycles. The molecule has 0 aromatic heterocycles. The summed E-state index contributed by atoms with van der Waals surface area (Å²) >= 11 is 5.32. The first-order valence-electron chi connectivity index (χ1n) is 8.74. The van der Waals surface area contributed by atoms with Gasteiger partial charge in [-0.1, -0.05) is 51.9 Å². The Bertz CT molecular complexity index is 494. The first-order valence-corrected chi connectivity index (χ1v) is 9.15. The first kappa shape index (κ1) is 17.9. The second-order valence-corrected chi connectivity index (χ2v) is 6.33. The van der Waals surface area contributed by atoms with Gasteiger partial charge in [0.25, 0.3) is 0 Å². The number of hydrogen-bond donors (Lipinski definition) is 2. The molecule has 23 heavy (non-hydrogen) atoms. The topological polar surface area (TPSA) is 42.5 Å². The first-order chi connectivity index (χ1) is 11.3. The van der Waals surface area contributed by atoms with Crippen molar-refractivity contribution in [2.24, 2.45) is 0 Å². The quantitative estimate of drug-likeness (QED) is 0.472. The summed E-state index contributed by atoms with van der Waals surface area (Å²) in [6, 6.07) is 5.75. The van der Waals surface area contributed by atoms with Crippen LogP contribution in [0.15, 0.2) is 18.2 Å². The Morgan fingerprint density at radius 3 is 2.48 bits per heavy atom. The van der Waals surface area contributed by atoms with E-state index in [-0.39, 0.29) is 0 Å². The van der Waals surface area contributed by atoms with Crippen molar-refractivity contribution in [3.63, 3.8) is 0 Å². The summed E-state index contributed by atoms with van der Waals surface area (Å²) in [4.78, 5) is 0. The number of hydrogen-bond acceptors (Lipinski definition) is 3. The highest BCUT2D eigenvalue weighted by atomic mass is 32.1. The second kappa shape index (κ2) is 10.3. The lowest BCUT2D eigenvalue weighted by Gasteiger charge is -2.11. The molecule has 2 N–H and O–H groups in total. The Morgan fingerprint density at radius 2 is 1.70 bits per heavy atom. The molecule has 1 heterocycles. The van der Waals surface area contributed by atoms with Crippen molar-refractivity contribution in [2.75, 3.05) is 18.7 Å². The molecular weight excluding hydrogens is 308 g/mol. The van der Waals surface area contributed by atoms with Crippen molar-refractivity contribution in [3.05, 3.63) is 18.2 Å². The lowest BCUT2D eigenvalue weighted by molar-refractivity contribution is 0.174. The number of nitrogens with one attached hydrogen (secondary N) is 2. The summed E-state index contributed by atoms with van der Waals surface area (Å²) in [6.45, 7) is 3.47. The van der Waals surface area contributed by atoms with Crippen LogP contribution in [0.5, 0.6) is 11.5 Å². The van der Waals surface area contributed by atoms with Gasteiger partial charge in [-0.3, -0.25) is 0 Å². The summed E-state index contributed by atoms with van der Waals surface area (Å²) < 4.78 is 10.6. The zero-order valence-electron chi connectivity index (χ0n) is 14.0. The molecule has 1 aliphatic rings. The van der Waals surface area contributed by atoms with Gasteiger partial charge in [0.1, 0.15) is 0 Å². The third-order valence-electron chi connectivity index (χ3n) is 3.95. The molecule has 0 aliphatic carbocycles. The van der Waals surface area contributed by atoms with E-state index in [0.717, 1.165) is 30.2 Å². The lowest BCUT2D eigenvalue weighted by Crippen LogP contribution is -2.29. The maximum absolute atomic E-state index is 5.36. The van der Waals surface area contributed by atoms with Gasteiger partial charge in [-0.25, -0.2) is 0 Å². The third-order valence-corrected chi connectivity index (χ3v) is 4.19. The molecule has 0 saturated heterocycles. The highest BCUT2D eigenvalue weighted by molar-refractivity contribution is 7.80. The van der Waals surface area contributed by atoms with E-state index in [9.17, 15) is 0 Å². The fourth-order valence-corrected chi connectivity index (χ4v) is 2.83. The van der Waals surface area contributed by atoms with E-state index in [1.807, 2.05) is 18.2 Å². The van der Waals surface area contributed by atoms with E-state index < -0.39 is 0 Å². The molecule has 1 aromatic rings. The van der Waals surface area contributed by atoms with Crippen LogP contribution in [-0.2, 0) is 0 Å². The highest BCUT2D eigenvalue weighted by Crippen LogP contribution is 2.34. The number of thiocarbonyl (C=S) groups is 1. The standard InChI is InChI=1S/C18H28N2O2S/c1-2-3-4-5-6-7-8-9-12-19-18(23)20-15-10-11-16-17(13-15)22-14-21-16/h10-11,13H,2-9,12,14H2,1H3,(H2,19,20,23). The normalized spacial score (nSPS) is 12.2. The van der Waals surface area contributed by atoms with Crippen molar-refractivity contribution in [1.82, 2.24) is 5.32 Å². The molecule has 128 valence electrons. The van der Waals surface area contributed by atoms with E-state index in [4.69, 9.17) is 21.7 Å². The maximum Gasteiger partial charge on any atom is 0.231 e. The van der Waals surface area contributed by atoms with E-state index in [1.165, 1.54) is 44.9 Å². The van der Waals surface area contributed by atoms with Crippen LogP contribution >= 0.6 is 12.2 Å². The predicted octanol–water partition coefficient (Wildman–Crippen LogP) is 4.84. The second-order valence-electron chi connectivity index (χ2n) is 5.92. The van der Waals surface area contributed by atoms with E-state index in [1.54, 1.807) is 0 Å². The molecule has 0 fully saturated rings. The minimum atomic E-state index is 0.292. The molecule has 0 amide bonds. The van der Waals surface area contributed by atoms with E-state index >= 15 is 0 Å². The Labute approximate surface area is 144 Å². The largest absolute Gasteiger partial charge is 0.454 e. The van der Waals surface area contributed by atoms with E-state index in [0.29, 0.717) is 11.9 Å². The lowest BCUT2D eigenvalue weighted by atomic mass is 10.1. The molecule has 1 aliphatic heterocycles. The predicted molar refractivity (Wildman–Crippen MR) is 99.4 cm³/mol. The van der Waals surface area contributed by atoms with Crippen LogP contribution in [0.25, 0.3) is 0 Å². The van der Waals surface area contributed by atoms with Gasteiger partial charge in [0, 0.05) is 18.3 Å². The SMILES string of the molecule is CCCCCCCCCCNC(=S)Nc1ccc2c(c1)OCO2. The molecule has 0 bridgehead atoms. The van der Waals surface area contributed by atoms with Crippen LogP contribution in [0.4, 0.5) is 5.69 Å². The molecule has 0 spiro atoms. The number of anilines is 1. The monoisotopic (exact) mass is 336 g/mol. The van der Waals surface area contributed by atoms with Crippen LogP contribution in [0.1, 0.15) is 58.3 Å². The molecule has 4 nitrogen and oxygen atoms in total. The van der Waals surface area contributed by atoms with Gasteiger partial charge < -0.3 is 20.1 Å². The zero-order chi connectivity index (χ0) is 16.3. The third kappa shape index (κ3) is 6.65. The smallest absolute Gasteiger partial charge is 0.231 e. The average molecular weight is 337 g/mol. The maximum atomic E-state index is 5.36. The molecule has 2 rings (SSSR count). The van der Waals surface area contributed by atoms with Crippen LogP contribution in [-0.4, -0.2) is 18.5 Å². The van der Waals surface area contributed by atoms with Gasteiger partial charge in [-0.15, -0.1) is 0 Å². The Balaban J connectivity index is 1.52. The van der Waals surface area contributed by atoms with Crippen molar-refractivity contribution < 1.29 is 9.47 Å². The minimum absolute atomic E-state index is 0.292. The van der Waals surface area contributed by atoms with Crippen LogP contribution in [0.3, 0.4) is 0 Å². The minimum Gasteiger partial charge on any atom is -0.454 e. The summed E-state index contributed by atoms with van der Waals surface area (Å²) in [5.74, 6) is 1.55. The van der Waals surface area contributed by atoms with Gasteiger partial charge in [0.15, 0.2) is 16.6 Å². The fourth-order valence-electron chi connectivity index (χ4n) is 2.61. The number of rotatable bonds is 10. The summed E-state index contributed by atoms with van der Waals surface area (Å²) in [5, 5.41) is 7.10. The Morgan fingerprint density at radius 1 is 1.00 bits per heavy atom. The average Bonchev–Trinajstić information content (AvgIpc) is 3.01.